The van der Waals surface area contributed by atoms with Crippen LogP contribution in [0.3, 0.4) is 0 Å². The summed E-state index contributed by atoms with van der Waals surface area (Å²) in [5, 5.41) is 10.5. The molecule has 2 aromatic rings. The first-order chi connectivity index (χ1) is 12.2. The molecule has 0 radical (unpaired) electrons. The second-order valence-corrected chi connectivity index (χ2v) is 6.33. The Labute approximate surface area is 147 Å². The van der Waals surface area contributed by atoms with Gasteiger partial charge in [0.1, 0.15) is 12.1 Å². The molecular formula is C19H23N3O3. The van der Waals surface area contributed by atoms with E-state index in [9.17, 15) is 9.90 Å². The highest BCUT2D eigenvalue weighted by atomic mass is 16.5. The van der Waals surface area contributed by atoms with Gasteiger partial charge < -0.3 is 14.7 Å². The quantitative estimate of drug-likeness (QED) is 0.839. The van der Waals surface area contributed by atoms with Gasteiger partial charge in [0.2, 0.25) is 0 Å². The van der Waals surface area contributed by atoms with Crippen molar-refractivity contribution in [2.75, 3.05) is 25.1 Å². The molecule has 132 valence electrons. The van der Waals surface area contributed by atoms with E-state index in [0.717, 1.165) is 37.3 Å². The molecule has 0 amide bonds. The molecule has 6 heteroatoms. The van der Waals surface area contributed by atoms with Gasteiger partial charge in [0.15, 0.2) is 5.69 Å². The van der Waals surface area contributed by atoms with Crippen LogP contribution in [0.15, 0.2) is 42.7 Å². The van der Waals surface area contributed by atoms with Crippen LogP contribution in [0.4, 0.5) is 5.82 Å². The molecule has 3 rings (SSSR count). The number of methoxy groups -OCH3 is 1. The van der Waals surface area contributed by atoms with E-state index in [1.807, 2.05) is 30.3 Å². The fraction of sp³-hybridized carbons (Fsp3) is 0.421. The van der Waals surface area contributed by atoms with Gasteiger partial charge in [-0.3, -0.25) is 0 Å². The molecule has 1 fully saturated rings. The van der Waals surface area contributed by atoms with E-state index in [0.29, 0.717) is 6.42 Å². The van der Waals surface area contributed by atoms with Crippen molar-refractivity contribution in [1.82, 2.24) is 9.97 Å². The minimum absolute atomic E-state index is 0.263. The van der Waals surface area contributed by atoms with Gasteiger partial charge in [-0.05, 0) is 30.7 Å². The number of esters is 1. The first kappa shape index (κ1) is 17.4. The van der Waals surface area contributed by atoms with Crippen LogP contribution in [0, 0.1) is 5.92 Å². The Morgan fingerprint density at radius 1 is 1.28 bits per heavy atom. The number of benzene rings is 1. The third-order valence-electron chi connectivity index (χ3n) is 4.74. The van der Waals surface area contributed by atoms with Gasteiger partial charge in [0.25, 0.3) is 0 Å². The molecule has 6 nitrogen and oxygen atoms in total. The standard InChI is InChI=1S/C19H23N3O3/c1-25-19(24)16-12-18(21-13-20-16)22-9-7-15(8-10-22)17(23)11-14-5-3-2-4-6-14/h2-6,12-13,15,17,23H,7-11H2,1H3/t17-/m0/s1. The summed E-state index contributed by atoms with van der Waals surface area (Å²) in [6.07, 6.45) is 3.53. The Morgan fingerprint density at radius 3 is 2.68 bits per heavy atom. The molecule has 1 atom stereocenters. The number of anilines is 1. The predicted molar refractivity (Wildman–Crippen MR) is 94.5 cm³/mol. The monoisotopic (exact) mass is 341 g/mol. The number of piperidine rings is 1. The van der Waals surface area contributed by atoms with Gasteiger partial charge in [-0.25, -0.2) is 14.8 Å². The molecule has 1 aliphatic heterocycles. The molecular weight excluding hydrogens is 318 g/mol. The fourth-order valence-corrected chi connectivity index (χ4v) is 3.27. The molecule has 1 aliphatic rings. The lowest BCUT2D eigenvalue weighted by atomic mass is 9.88. The van der Waals surface area contributed by atoms with Crippen molar-refractivity contribution in [1.29, 1.82) is 0 Å². The third-order valence-corrected chi connectivity index (χ3v) is 4.74. The van der Waals surface area contributed by atoms with Gasteiger partial charge in [-0.1, -0.05) is 30.3 Å². The van der Waals surface area contributed by atoms with Crippen molar-refractivity contribution in [3.8, 4) is 0 Å². The van der Waals surface area contributed by atoms with Gasteiger partial charge in [-0.2, -0.15) is 0 Å². The molecule has 2 heterocycles. The highest BCUT2D eigenvalue weighted by Crippen LogP contribution is 2.26. The second-order valence-electron chi connectivity index (χ2n) is 6.33. The number of carbonyl (C=O) groups is 1. The molecule has 1 saturated heterocycles. The van der Waals surface area contributed by atoms with Crippen LogP contribution in [0.1, 0.15) is 28.9 Å². The zero-order valence-electron chi connectivity index (χ0n) is 14.3. The normalized spacial score (nSPS) is 16.5. The molecule has 1 aromatic heterocycles. The van der Waals surface area contributed by atoms with Crippen molar-refractivity contribution in [2.24, 2.45) is 5.92 Å². The van der Waals surface area contributed by atoms with E-state index in [2.05, 4.69) is 14.9 Å². The Hall–Kier alpha value is -2.47. The average molecular weight is 341 g/mol. The SMILES string of the molecule is COC(=O)c1cc(N2CCC([C@@H](O)Cc3ccccc3)CC2)ncn1. The predicted octanol–water partition coefficient (Wildman–Crippen LogP) is 2.08. The van der Waals surface area contributed by atoms with E-state index >= 15 is 0 Å². The Morgan fingerprint density at radius 2 is 2.00 bits per heavy atom. The molecule has 1 N–H and O–H groups in total. The van der Waals surface area contributed by atoms with Gasteiger partial charge in [0.05, 0.1) is 13.2 Å². The summed E-state index contributed by atoms with van der Waals surface area (Å²) in [4.78, 5) is 21.9. The van der Waals surface area contributed by atoms with Crippen molar-refractivity contribution in [3.05, 3.63) is 54.0 Å². The Balaban J connectivity index is 1.57. The molecule has 25 heavy (non-hydrogen) atoms. The highest BCUT2D eigenvalue weighted by Gasteiger charge is 2.26. The number of aliphatic hydroxyl groups is 1. The van der Waals surface area contributed by atoms with Gasteiger partial charge in [0, 0.05) is 19.2 Å². The summed E-state index contributed by atoms with van der Waals surface area (Å²) in [6.45, 7) is 1.60. The summed E-state index contributed by atoms with van der Waals surface area (Å²) in [5.41, 5.74) is 1.43. The zero-order valence-corrected chi connectivity index (χ0v) is 14.3. The number of nitrogens with zero attached hydrogens (tertiary/aromatic N) is 3. The van der Waals surface area contributed by atoms with Crippen LogP contribution in [0.25, 0.3) is 0 Å². The zero-order chi connectivity index (χ0) is 17.6. The number of aliphatic hydroxyl groups excluding tert-OH is 1. The number of carbonyl (C=O) groups excluding carboxylic acids is 1. The minimum Gasteiger partial charge on any atom is -0.464 e. The van der Waals surface area contributed by atoms with Crippen LogP contribution in [0.5, 0.6) is 0 Å². The summed E-state index contributed by atoms with van der Waals surface area (Å²) < 4.78 is 4.70. The van der Waals surface area contributed by atoms with Gasteiger partial charge >= 0.3 is 5.97 Å². The first-order valence-corrected chi connectivity index (χ1v) is 8.54. The Bertz CT molecular complexity index is 700. The summed E-state index contributed by atoms with van der Waals surface area (Å²) in [5.74, 6) is 0.543. The third kappa shape index (κ3) is 4.33. The minimum atomic E-state index is -0.461. The summed E-state index contributed by atoms with van der Waals surface area (Å²) >= 11 is 0. The van der Waals surface area contributed by atoms with Crippen molar-refractivity contribution < 1.29 is 14.6 Å². The highest BCUT2D eigenvalue weighted by molar-refractivity contribution is 5.87. The second kappa shape index (κ2) is 8.07. The molecule has 0 saturated carbocycles. The number of hydrogen-bond acceptors (Lipinski definition) is 6. The average Bonchev–Trinajstić information content (AvgIpc) is 2.68. The number of aromatic nitrogens is 2. The fourth-order valence-electron chi connectivity index (χ4n) is 3.27. The maximum Gasteiger partial charge on any atom is 0.356 e. The molecule has 0 unspecified atom stereocenters. The van der Waals surface area contributed by atoms with Crippen molar-refractivity contribution in [2.45, 2.75) is 25.4 Å². The summed E-state index contributed by atoms with van der Waals surface area (Å²) in [7, 11) is 1.34. The molecule has 0 aliphatic carbocycles. The van der Waals surface area contributed by atoms with E-state index in [4.69, 9.17) is 4.74 Å². The topological polar surface area (TPSA) is 75.5 Å². The maximum absolute atomic E-state index is 11.6. The largest absolute Gasteiger partial charge is 0.464 e. The number of ether oxygens (including phenoxy) is 1. The van der Waals surface area contributed by atoms with Crippen LogP contribution < -0.4 is 4.90 Å². The molecule has 0 bridgehead atoms. The number of hydrogen-bond donors (Lipinski definition) is 1. The van der Waals surface area contributed by atoms with E-state index in [-0.39, 0.29) is 17.7 Å². The lowest BCUT2D eigenvalue weighted by Gasteiger charge is -2.35. The van der Waals surface area contributed by atoms with Crippen LogP contribution in [0.2, 0.25) is 0 Å². The van der Waals surface area contributed by atoms with E-state index < -0.39 is 5.97 Å². The number of rotatable bonds is 5. The smallest absolute Gasteiger partial charge is 0.356 e. The van der Waals surface area contributed by atoms with Crippen LogP contribution in [-0.4, -0.2) is 47.3 Å². The maximum atomic E-state index is 11.6. The van der Waals surface area contributed by atoms with E-state index in [1.165, 1.54) is 13.4 Å². The lowest BCUT2D eigenvalue weighted by Crippen LogP contribution is -2.39. The van der Waals surface area contributed by atoms with Crippen LogP contribution in [-0.2, 0) is 11.2 Å². The van der Waals surface area contributed by atoms with Crippen molar-refractivity contribution in [3.63, 3.8) is 0 Å². The Kier molecular flexibility index (Phi) is 5.60. The summed E-state index contributed by atoms with van der Waals surface area (Å²) in [6, 6.07) is 11.7. The molecule has 1 aromatic carbocycles. The lowest BCUT2D eigenvalue weighted by molar-refractivity contribution is 0.0594. The van der Waals surface area contributed by atoms with E-state index in [1.54, 1.807) is 6.07 Å². The first-order valence-electron chi connectivity index (χ1n) is 8.54. The van der Waals surface area contributed by atoms with Crippen LogP contribution >= 0.6 is 0 Å². The van der Waals surface area contributed by atoms with Gasteiger partial charge in [-0.15, -0.1) is 0 Å². The molecule has 0 spiro atoms. The van der Waals surface area contributed by atoms with Crippen molar-refractivity contribution >= 4 is 11.8 Å².